The molecule has 0 aliphatic carbocycles. The topological polar surface area (TPSA) is 63.1 Å². The van der Waals surface area contributed by atoms with E-state index in [9.17, 15) is 9.90 Å². The zero-order chi connectivity index (χ0) is 13.0. The number of carboxylic acid groups (broad SMARTS) is 1. The first-order valence-corrected chi connectivity index (χ1v) is 5.78. The molecule has 0 amide bonds. The molecular weight excluding hydrogens is 252 g/mol. The fraction of sp³-hybridized carbons (Fsp3) is 0.154. The molecule has 2 aromatic rings. The van der Waals surface area contributed by atoms with Gasteiger partial charge in [0.25, 0.3) is 0 Å². The third-order valence-corrected chi connectivity index (χ3v) is 2.80. The Bertz CT molecular complexity index is 546. The summed E-state index contributed by atoms with van der Waals surface area (Å²) in [5.74, 6) is -1.63. The van der Waals surface area contributed by atoms with Gasteiger partial charge in [0.1, 0.15) is 5.92 Å². The number of hydrogen-bond donors (Lipinski definition) is 1. The Kier molecular flexibility index (Phi) is 3.89. The van der Waals surface area contributed by atoms with Crippen LogP contribution in [0.4, 0.5) is 0 Å². The van der Waals surface area contributed by atoms with Crippen LogP contribution in [0.1, 0.15) is 17.2 Å². The summed E-state index contributed by atoms with van der Waals surface area (Å²) in [6.07, 6.45) is 4.82. The van der Waals surface area contributed by atoms with E-state index in [-0.39, 0.29) is 0 Å². The van der Waals surface area contributed by atoms with E-state index < -0.39 is 11.9 Å². The minimum Gasteiger partial charge on any atom is -0.481 e. The summed E-state index contributed by atoms with van der Waals surface area (Å²) in [4.78, 5) is 19.2. The second-order valence-electron chi connectivity index (χ2n) is 3.86. The molecule has 1 heterocycles. The fourth-order valence-corrected chi connectivity index (χ4v) is 1.92. The summed E-state index contributed by atoms with van der Waals surface area (Å²) in [6.45, 7) is 0. The van der Waals surface area contributed by atoms with Crippen molar-refractivity contribution in [2.45, 2.75) is 12.3 Å². The zero-order valence-corrected chi connectivity index (χ0v) is 10.2. The van der Waals surface area contributed by atoms with Crippen molar-refractivity contribution in [3.63, 3.8) is 0 Å². The summed E-state index contributed by atoms with van der Waals surface area (Å²) in [6, 6.07) is 7.16. The van der Waals surface area contributed by atoms with Crippen LogP contribution in [0.25, 0.3) is 0 Å². The normalized spacial score (nSPS) is 12.1. The molecule has 5 heteroatoms. The Labute approximate surface area is 109 Å². The van der Waals surface area contributed by atoms with Crippen molar-refractivity contribution in [2.75, 3.05) is 0 Å². The lowest BCUT2D eigenvalue weighted by molar-refractivity contribution is -0.138. The third kappa shape index (κ3) is 3.05. The molecule has 1 aromatic heterocycles. The van der Waals surface area contributed by atoms with E-state index in [1.165, 1.54) is 18.6 Å². The largest absolute Gasteiger partial charge is 0.481 e. The highest BCUT2D eigenvalue weighted by molar-refractivity contribution is 6.30. The molecule has 0 saturated heterocycles. The second-order valence-corrected chi connectivity index (χ2v) is 4.29. The van der Waals surface area contributed by atoms with E-state index in [1.807, 2.05) is 6.07 Å². The van der Waals surface area contributed by atoms with Crippen molar-refractivity contribution in [1.29, 1.82) is 0 Å². The molecule has 4 nitrogen and oxygen atoms in total. The second kappa shape index (κ2) is 5.60. The maximum absolute atomic E-state index is 11.3. The number of carbonyl (C=O) groups is 1. The number of benzene rings is 1. The predicted octanol–water partition coefficient (Wildman–Crippen LogP) is 2.54. The lowest BCUT2D eigenvalue weighted by atomic mass is 9.96. The molecule has 0 radical (unpaired) electrons. The maximum Gasteiger partial charge on any atom is 0.312 e. The van der Waals surface area contributed by atoms with Gasteiger partial charge in [-0.05, 0) is 24.1 Å². The SMILES string of the molecule is O=C(O)C(Cc1cccc(Cl)c1)c1cnccn1. The average molecular weight is 263 g/mol. The quantitative estimate of drug-likeness (QED) is 0.920. The van der Waals surface area contributed by atoms with Crippen molar-refractivity contribution in [1.82, 2.24) is 9.97 Å². The van der Waals surface area contributed by atoms with Crippen LogP contribution in [0.3, 0.4) is 0 Å². The van der Waals surface area contributed by atoms with E-state index in [0.717, 1.165) is 5.56 Å². The smallest absolute Gasteiger partial charge is 0.312 e. The van der Waals surface area contributed by atoms with Gasteiger partial charge in [-0.25, -0.2) is 0 Å². The van der Waals surface area contributed by atoms with Gasteiger partial charge in [-0.3, -0.25) is 14.8 Å². The number of aliphatic carboxylic acids is 1. The molecule has 2 rings (SSSR count). The van der Waals surface area contributed by atoms with Gasteiger partial charge < -0.3 is 5.11 Å². The van der Waals surface area contributed by atoms with Crippen molar-refractivity contribution in [2.24, 2.45) is 0 Å². The van der Waals surface area contributed by atoms with Crippen LogP contribution in [0.2, 0.25) is 5.02 Å². The van der Waals surface area contributed by atoms with Crippen LogP contribution in [0.15, 0.2) is 42.9 Å². The molecule has 92 valence electrons. The standard InChI is InChI=1S/C13H11ClN2O2/c14-10-3-1-2-9(6-10)7-11(13(17)18)12-8-15-4-5-16-12/h1-6,8,11H,7H2,(H,17,18). The highest BCUT2D eigenvalue weighted by Crippen LogP contribution is 2.20. The van der Waals surface area contributed by atoms with Gasteiger partial charge in [0.2, 0.25) is 0 Å². The van der Waals surface area contributed by atoms with Crippen LogP contribution in [0, 0.1) is 0 Å². The molecule has 0 bridgehead atoms. The zero-order valence-electron chi connectivity index (χ0n) is 9.45. The Hall–Kier alpha value is -1.94. The van der Waals surface area contributed by atoms with Crippen LogP contribution >= 0.6 is 11.6 Å². The lowest BCUT2D eigenvalue weighted by Gasteiger charge is -2.11. The van der Waals surface area contributed by atoms with Gasteiger partial charge in [0.15, 0.2) is 0 Å². The Morgan fingerprint density at radius 3 is 2.83 bits per heavy atom. The lowest BCUT2D eigenvalue weighted by Crippen LogP contribution is -2.16. The summed E-state index contributed by atoms with van der Waals surface area (Å²) < 4.78 is 0. The van der Waals surface area contributed by atoms with Gasteiger partial charge in [0, 0.05) is 23.6 Å². The monoisotopic (exact) mass is 262 g/mol. The molecule has 0 aliphatic heterocycles. The Balaban J connectivity index is 2.25. The first-order chi connectivity index (χ1) is 8.66. The van der Waals surface area contributed by atoms with E-state index in [0.29, 0.717) is 17.1 Å². The van der Waals surface area contributed by atoms with Crippen LogP contribution in [0.5, 0.6) is 0 Å². The molecule has 18 heavy (non-hydrogen) atoms. The van der Waals surface area contributed by atoms with E-state index in [4.69, 9.17) is 11.6 Å². The molecule has 0 fully saturated rings. The summed E-state index contributed by atoms with van der Waals surface area (Å²) in [5, 5.41) is 9.85. The van der Waals surface area contributed by atoms with Gasteiger partial charge in [-0.2, -0.15) is 0 Å². The van der Waals surface area contributed by atoms with Crippen molar-refractivity contribution in [3.8, 4) is 0 Å². The Morgan fingerprint density at radius 2 is 2.22 bits per heavy atom. The highest BCUT2D eigenvalue weighted by Gasteiger charge is 2.21. The van der Waals surface area contributed by atoms with Gasteiger partial charge in [-0.15, -0.1) is 0 Å². The minimum atomic E-state index is -0.921. The average Bonchev–Trinajstić information content (AvgIpc) is 2.37. The van der Waals surface area contributed by atoms with E-state index in [1.54, 1.807) is 18.2 Å². The van der Waals surface area contributed by atoms with Gasteiger partial charge >= 0.3 is 5.97 Å². The van der Waals surface area contributed by atoms with E-state index in [2.05, 4.69) is 9.97 Å². The third-order valence-electron chi connectivity index (χ3n) is 2.57. The first-order valence-electron chi connectivity index (χ1n) is 5.40. The molecule has 1 aromatic carbocycles. The van der Waals surface area contributed by atoms with Crippen molar-refractivity contribution in [3.05, 3.63) is 59.1 Å². The molecular formula is C13H11ClN2O2. The first kappa shape index (κ1) is 12.5. The number of aromatic nitrogens is 2. The van der Waals surface area contributed by atoms with Gasteiger partial charge in [-0.1, -0.05) is 23.7 Å². The van der Waals surface area contributed by atoms with Crippen LogP contribution < -0.4 is 0 Å². The molecule has 1 N–H and O–H groups in total. The van der Waals surface area contributed by atoms with Crippen molar-refractivity contribution >= 4 is 17.6 Å². The van der Waals surface area contributed by atoms with E-state index >= 15 is 0 Å². The predicted molar refractivity (Wildman–Crippen MR) is 67.6 cm³/mol. The fourth-order valence-electron chi connectivity index (χ4n) is 1.71. The summed E-state index contributed by atoms with van der Waals surface area (Å²) in [5.41, 5.74) is 1.31. The highest BCUT2D eigenvalue weighted by atomic mass is 35.5. The number of halogens is 1. The van der Waals surface area contributed by atoms with Crippen molar-refractivity contribution < 1.29 is 9.90 Å². The number of carboxylic acids is 1. The molecule has 0 aliphatic rings. The van der Waals surface area contributed by atoms with Crippen LogP contribution in [-0.2, 0) is 11.2 Å². The Morgan fingerprint density at radius 1 is 1.39 bits per heavy atom. The number of rotatable bonds is 4. The molecule has 0 spiro atoms. The summed E-state index contributed by atoms with van der Waals surface area (Å²) in [7, 11) is 0. The molecule has 1 unspecified atom stereocenters. The maximum atomic E-state index is 11.3. The van der Waals surface area contributed by atoms with Gasteiger partial charge in [0.05, 0.1) is 5.69 Å². The number of hydrogen-bond acceptors (Lipinski definition) is 3. The summed E-state index contributed by atoms with van der Waals surface area (Å²) >= 11 is 5.88. The molecule has 1 atom stereocenters. The number of nitrogens with zero attached hydrogens (tertiary/aromatic N) is 2. The molecule has 0 saturated carbocycles. The minimum absolute atomic E-state index is 0.342. The van der Waals surface area contributed by atoms with Crippen LogP contribution in [-0.4, -0.2) is 21.0 Å².